The van der Waals surface area contributed by atoms with Crippen molar-refractivity contribution in [3.8, 4) is 16.9 Å². The van der Waals surface area contributed by atoms with Crippen molar-refractivity contribution in [3.63, 3.8) is 0 Å². The third-order valence-electron chi connectivity index (χ3n) is 2.94. The Labute approximate surface area is 122 Å². The minimum atomic E-state index is -0.328. The lowest BCUT2D eigenvalue weighted by Gasteiger charge is -2.08. The van der Waals surface area contributed by atoms with Gasteiger partial charge in [-0.05, 0) is 23.8 Å². The maximum Gasteiger partial charge on any atom is 0.270 e. The average molecular weight is 284 g/mol. The second kappa shape index (κ2) is 6.56. The van der Waals surface area contributed by atoms with Gasteiger partial charge in [0.15, 0.2) is 0 Å². The number of hydrogen-bond acceptors (Lipinski definition) is 4. The zero-order valence-electron chi connectivity index (χ0n) is 11.7. The number of carbonyl (C=O) groups excluding carboxylic acids is 1. The van der Waals surface area contributed by atoms with E-state index < -0.39 is 0 Å². The summed E-state index contributed by atoms with van der Waals surface area (Å²) in [6, 6.07) is 10.3. The molecule has 5 nitrogen and oxygen atoms in total. The van der Waals surface area contributed by atoms with Crippen molar-refractivity contribution < 1.29 is 14.6 Å². The lowest BCUT2D eigenvalue weighted by Crippen LogP contribution is -2.26. The van der Waals surface area contributed by atoms with E-state index in [0.717, 1.165) is 5.56 Å². The predicted molar refractivity (Wildman–Crippen MR) is 79.8 cm³/mol. The molecule has 0 saturated heterocycles. The highest BCUT2D eigenvalue weighted by Crippen LogP contribution is 2.28. The molecule has 1 aromatic carbocycles. The fraction of sp³-hybridized carbons (Fsp3) is 0.125. The Balaban J connectivity index is 2.20. The molecular weight excluding hydrogens is 268 g/mol. The zero-order valence-corrected chi connectivity index (χ0v) is 11.7. The van der Waals surface area contributed by atoms with Crippen LogP contribution < -0.4 is 5.32 Å². The van der Waals surface area contributed by atoms with Crippen molar-refractivity contribution in [2.45, 2.75) is 0 Å². The van der Waals surface area contributed by atoms with Gasteiger partial charge in [-0.2, -0.15) is 0 Å². The van der Waals surface area contributed by atoms with E-state index in [2.05, 4.69) is 16.9 Å². The molecule has 2 rings (SSSR count). The molecule has 0 unspecified atom stereocenters. The second-order valence-electron chi connectivity index (χ2n) is 4.37. The summed E-state index contributed by atoms with van der Waals surface area (Å²) in [5.74, 6) is 0.286. The molecule has 108 valence electrons. The van der Waals surface area contributed by atoms with E-state index in [-0.39, 0.29) is 23.9 Å². The number of rotatable bonds is 5. The maximum atomic E-state index is 12.0. The molecule has 0 radical (unpaired) electrons. The summed E-state index contributed by atoms with van der Waals surface area (Å²) in [4.78, 5) is 16.0. The molecule has 0 fully saturated rings. The number of pyridine rings is 1. The number of aromatic hydroxyl groups is 1. The molecule has 21 heavy (non-hydrogen) atoms. The minimum absolute atomic E-state index is 0.155. The van der Waals surface area contributed by atoms with Gasteiger partial charge in [-0.3, -0.25) is 9.78 Å². The van der Waals surface area contributed by atoms with Gasteiger partial charge in [0, 0.05) is 11.8 Å². The van der Waals surface area contributed by atoms with Gasteiger partial charge < -0.3 is 15.2 Å². The summed E-state index contributed by atoms with van der Waals surface area (Å²) < 4.78 is 4.88. The Hall–Kier alpha value is -2.82. The molecule has 0 saturated carbocycles. The summed E-state index contributed by atoms with van der Waals surface area (Å²) in [5, 5.41) is 12.5. The molecule has 1 aromatic heterocycles. The van der Waals surface area contributed by atoms with Crippen LogP contribution in [-0.4, -0.2) is 29.7 Å². The highest BCUT2D eigenvalue weighted by atomic mass is 16.5. The van der Waals surface area contributed by atoms with Gasteiger partial charge in [0.25, 0.3) is 5.91 Å². The number of ether oxygens (including phenoxy) is 1. The lowest BCUT2D eigenvalue weighted by atomic mass is 10.0. The Morgan fingerprint density at radius 3 is 2.86 bits per heavy atom. The third-order valence-corrected chi connectivity index (χ3v) is 2.94. The first-order valence-electron chi connectivity index (χ1n) is 6.36. The van der Waals surface area contributed by atoms with Gasteiger partial charge in [-0.15, -0.1) is 0 Å². The van der Waals surface area contributed by atoms with E-state index >= 15 is 0 Å². The zero-order chi connectivity index (χ0) is 15.2. The summed E-state index contributed by atoms with van der Waals surface area (Å²) in [6.07, 6.45) is 1.53. The number of carbonyl (C=O) groups is 1. The van der Waals surface area contributed by atoms with Crippen LogP contribution in [0.2, 0.25) is 0 Å². The van der Waals surface area contributed by atoms with Crippen LogP contribution in [0.1, 0.15) is 10.5 Å². The fourth-order valence-electron chi connectivity index (χ4n) is 1.78. The molecule has 0 bridgehead atoms. The van der Waals surface area contributed by atoms with E-state index in [1.165, 1.54) is 13.3 Å². The monoisotopic (exact) mass is 284 g/mol. The third kappa shape index (κ3) is 3.60. The SMILES string of the molecule is C=C(CNC(=O)c1cc(-c2ccccc2O)ccn1)OC. The van der Waals surface area contributed by atoms with Gasteiger partial charge in [-0.25, -0.2) is 0 Å². The summed E-state index contributed by atoms with van der Waals surface area (Å²) >= 11 is 0. The number of amides is 1. The molecule has 2 aromatic rings. The number of benzene rings is 1. The number of nitrogens with one attached hydrogen (secondary N) is 1. The molecule has 0 aliphatic rings. The largest absolute Gasteiger partial charge is 0.507 e. The quantitative estimate of drug-likeness (QED) is 0.827. The van der Waals surface area contributed by atoms with E-state index in [4.69, 9.17) is 4.74 Å². The molecule has 0 spiro atoms. The summed E-state index contributed by atoms with van der Waals surface area (Å²) in [7, 11) is 1.49. The first-order valence-corrected chi connectivity index (χ1v) is 6.36. The average Bonchev–Trinajstić information content (AvgIpc) is 2.52. The fourth-order valence-corrected chi connectivity index (χ4v) is 1.78. The van der Waals surface area contributed by atoms with Crippen LogP contribution in [0.5, 0.6) is 5.75 Å². The summed E-state index contributed by atoms with van der Waals surface area (Å²) in [6.45, 7) is 3.85. The molecule has 1 heterocycles. The van der Waals surface area contributed by atoms with Crippen LogP contribution in [0, 0.1) is 0 Å². The molecule has 1 amide bonds. The lowest BCUT2D eigenvalue weighted by molar-refractivity contribution is 0.0945. The number of nitrogens with zero attached hydrogens (tertiary/aromatic N) is 1. The first kappa shape index (κ1) is 14.6. The van der Waals surface area contributed by atoms with E-state index in [1.54, 1.807) is 30.3 Å². The van der Waals surface area contributed by atoms with Crippen LogP contribution in [0.25, 0.3) is 11.1 Å². The Kier molecular flexibility index (Phi) is 4.56. The number of aromatic nitrogens is 1. The van der Waals surface area contributed by atoms with Crippen LogP contribution in [0.4, 0.5) is 0 Å². The first-order chi connectivity index (χ1) is 10.1. The van der Waals surface area contributed by atoms with E-state index in [9.17, 15) is 9.90 Å². The van der Waals surface area contributed by atoms with Crippen molar-refractivity contribution in [2.75, 3.05) is 13.7 Å². The maximum absolute atomic E-state index is 12.0. The standard InChI is InChI=1S/C16H16N2O3/c1-11(21-2)10-18-16(20)14-9-12(7-8-17-14)13-5-3-4-6-15(13)19/h3-9,19H,1,10H2,2H3,(H,18,20). The van der Waals surface area contributed by atoms with Crippen molar-refractivity contribution in [2.24, 2.45) is 0 Å². The normalized spacial score (nSPS) is 9.95. The Bertz CT molecular complexity index is 668. The van der Waals surface area contributed by atoms with Crippen molar-refractivity contribution in [1.29, 1.82) is 0 Å². The van der Waals surface area contributed by atoms with Gasteiger partial charge in [-0.1, -0.05) is 24.8 Å². The topological polar surface area (TPSA) is 71.5 Å². The summed E-state index contributed by atoms with van der Waals surface area (Å²) in [5.41, 5.74) is 1.63. The number of para-hydroxylation sites is 1. The number of phenols is 1. The van der Waals surface area contributed by atoms with Crippen LogP contribution in [0.3, 0.4) is 0 Å². The molecular formula is C16H16N2O3. The van der Waals surface area contributed by atoms with Crippen LogP contribution in [0.15, 0.2) is 54.9 Å². The van der Waals surface area contributed by atoms with Crippen molar-refractivity contribution in [3.05, 3.63) is 60.6 Å². The highest BCUT2D eigenvalue weighted by molar-refractivity contribution is 5.93. The molecule has 5 heteroatoms. The Morgan fingerprint density at radius 1 is 1.38 bits per heavy atom. The Morgan fingerprint density at radius 2 is 2.14 bits per heavy atom. The number of hydrogen-bond donors (Lipinski definition) is 2. The highest BCUT2D eigenvalue weighted by Gasteiger charge is 2.10. The predicted octanol–water partition coefficient (Wildman–Crippen LogP) is 2.34. The molecule has 0 aliphatic heterocycles. The molecule has 0 aliphatic carbocycles. The molecule has 2 N–H and O–H groups in total. The molecule has 0 atom stereocenters. The van der Waals surface area contributed by atoms with E-state index in [0.29, 0.717) is 11.3 Å². The smallest absolute Gasteiger partial charge is 0.270 e. The number of phenolic OH excluding ortho intramolecular Hbond substituents is 1. The van der Waals surface area contributed by atoms with Gasteiger partial charge >= 0.3 is 0 Å². The van der Waals surface area contributed by atoms with E-state index in [1.807, 2.05) is 6.07 Å². The number of methoxy groups -OCH3 is 1. The van der Waals surface area contributed by atoms with Crippen LogP contribution in [-0.2, 0) is 4.74 Å². The van der Waals surface area contributed by atoms with Crippen molar-refractivity contribution >= 4 is 5.91 Å². The van der Waals surface area contributed by atoms with Gasteiger partial charge in [0.05, 0.1) is 13.7 Å². The van der Waals surface area contributed by atoms with Crippen LogP contribution >= 0.6 is 0 Å². The second-order valence-corrected chi connectivity index (χ2v) is 4.37. The van der Waals surface area contributed by atoms with Gasteiger partial charge in [0.2, 0.25) is 0 Å². The van der Waals surface area contributed by atoms with Gasteiger partial charge in [0.1, 0.15) is 17.2 Å². The van der Waals surface area contributed by atoms with Crippen molar-refractivity contribution in [1.82, 2.24) is 10.3 Å². The minimum Gasteiger partial charge on any atom is -0.507 e.